The van der Waals surface area contributed by atoms with Crippen LogP contribution in [0.2, 0.25) is 5.02 Å². The van der Waals surface area contributed by atoms with E-state index in [1.54, 1.807) is 29.2 Å². The molecule has 5 heteroatoms. The monoisotopic (exact) mass is 372 g/mol. The molecule has 138 valence electrons. The molecule has 2 aromatic rings. The Balaban J connectivity index is 2.00. The minimum absolute atomic E-state index is 0.0536. The summed E-state index contributed by atoms with van der Waals surface area (Å²) in [6.45, 7) is 8.27. The molecular weight excluding hydrogens is 348 g/mol. The van der Waals surface area contributed by atoms with Crippen LogP contribution in [-0.4, -0.2) is 18.4 Å². The van der Waals surface area contributed by atoms with Crippen LogP contribution in [0.1, 0.15) is 39.7 Å². The number of hydrogen-bond acceptors (Lipinski definition) is 2. The van der Waals surface area contributed by atoms with Gasteiger partial charge < -0.3 is 10.2 Å². The molecule has 0 aliphatic carbocycles. The number of carbonyl (C=O) groups is 2. The second-order valence-electron chi connectivity index (χ2n) is 7.27. The van der Waals surface area contributed by atoms with Gasteiger partial charge in [-0.05, 0) is 47.4 Å². The first-order chi connectivity index (χ1) is 12.2. The van der Waals surface area contributed by atoms with Gasteiger partial charge in [0.1, 0.15) is 0 Å². The molecule has 2 aromatic carbocycles. The topological polar surface area (TPSA) is 49.4 Å². The maximum Gasteiger partial charge on any atom is 0.226 e. The Labute approximate surface area is 160 Å². The van der Waals surface area contributed by atoms with Crippen LogP contribution in [0.4, 0.5) is 11.4 Å². The van der Waals surface area contributed by atoms with Gasteiger partial charge >= 0.3 is 0 Å². The number of rotatable bonds is 5. The van der Waals surface area contributed by atoms with E-state index in [1.165, 1.54) is 12.5 Å². The van der Waals surface area contributed by atoms with Crippen LogP contribution in [0, 0.1) is 0 Å². The van der Waals surface area contributed by atoms with Crippen molar-refractivity contribution < 1.29 is 9.59 Å². The smallest absolute Gasteiger partial charge is 0.226 e. The zero-order chi connectivity index (χ0) is 19.3. The molecule has 0 fully saturated rings. The molecule has 0 atom stereocenters. The number of amides is 2. The Morgan fingerprint density at radius 1 is 1.00 bits per heavy atom. The van der Waals surface area contributed by atoms with Crippen molar-refractivity contribution in [3.8, 4) is 0 Å². The molecule has 0 unspecified atom stereocenters. The number of hydrogen-bond donors (Lipinski definition) is 1. The van der Waals surface area contributed by atoms with Crippen LogP contribution in [0.3, 0.4) is 0 Å². The highest BCUT2D eigenvalue weighted by Gasteiger charge is 2.16. The van der Waals surface area contributed by atoms with Gasteiger partial charge in [0.15, 0.2) is 0 Å². The number of anilines is 2. The minimum Gasteiger partial charge on any atom is -0.326 e. The Morgan fingerprint density at radius 3 is 2.08 bits per heavy atom. The molecule has 0 spiro atoms. The van der Waals surface area contributed by atoms with Crippen molar-refractivity contribution in [1.29, 1.82) is 0 Å². The van der Waals surface area contributed by atoms with E-state index in [0.717, 1.165) is 5.69 Å². The first-order valence-corrected chi connectivity index (χ1v) is 8.98. The molecule has 0 saturated carbocycles. The average Bonchev–Trinajstić information content (AvgIpc) is 2.56. The van der Waals surface area contributed by atoms with Gasteiger partial charge in [0.25, 0.3) is 0 Å². The predicted octanol–water partition coefficient (Wildman–Crippen LogP) is 5.02. The fourth-order valence-electron chi connectivity index (χ4n) is 2.58. The van der Waals surface area contributed by atoms with E-state index < -0.39 is 0 Å². The second-order valence-corrected chi connectivity index (χ2v) is 7.71. The van der Waals surface area contributed by atoms with E-state index in [0.29, 0.717) is 17.3 Å². The predicted molar refractivity (Wildman–Crippen MR) is 108 cm³/mol. The molecular formula is C21H25ClN2O2. The molecule has 1 N–H and O–H groups in total. The zero-order valence-corrected chi connectivity index (χ0v) is 16.4. The van der Waals surface area contributed by atoms with Gasteiger partial charge in [0, 0.05) is 36.3 Å². The van der Waals surface area contributed by atoms with Crippen molar-refractivity contribution in [2.45, 2.75) is 39.5 Å². The third-order valence-corrected chi connectivity index (χ3v) is 4.37. The maximum atomic E-state index is 12.2. The Bertz CT molecular complexity index is 762. The molecule has 4 nitrogen and oxygen atoms in total. The summed E-state index contributed by atoms with van der Waals surface area (Å²) in [5, 5.41) is 3.42. The maximum absolute atomic E-state index is 12.2. The number of benzene rings is 2. The highest BCUT2D eigenvalue weighted by molar-refractivity contribution is 6.30. The van der Waals surface area contributed by atoms with Gasteiger partial charge in [0.05, 0.1) is 0 Å². The molecule has 2 amide bonds. The standard InChI is InChI=1S/C21H25ClN2O2/c1-15(25)24(19-11-5-16(6-12-19)21(2,3)4)14-13-20(26)23-18-9-7-17(22)8-10-18/h5-12H,13-14H2,1-4H3,(H,23,26). The SMILES string of the molecule is CC(=O)N(CCC(=O)Nc1ccc(Cl)cc1)c1ccc(C(C)(C)C)cc1. The van der Waals surface area contributed by atoms with Crippen molar-refractivity contribution in [2.75, 3.05) is 16.8 Å². The third-order valence-electron chi connectivity index (χ3n) is 4.12. The van der Waals surface area contributed by atoms with Crippen molar-refractivity contribution >= 4 is 34.8 Å². The molecule has 0 radical (unpaired) electrons. The molecule has 0 aromatic heterocycles. The van der Waals surface area contributed by atoms with Crippen LogP contribution in [0.5, 0.6) is 0 Å². The summed E-state index contributed by atoms with van der Waals surface area (Å²) in [6, 6.07) is 14.8. The normalized spacial score (nSPS) is 11.1. The fourth-order valence-corrected chi connectivity index (χ4v) is 2.71. The Morgan fingerprint density at radius 2 is 1.58 bits per heavy atom. The highest BCUT2D eigenvalue weighted by atomic mass is 35.5. The molecule has 2 rings (SSSR count). The lowest BCUT2D eigenvalue weighted by Gasteiger charge is -2.23. The van der Waals surface area contributed by atoms with Crippen molar-refractivity contribution in [1.82, 2.24) is 0 Å². The summed E-state index contributed by atoms with van der Waals surface area (Å²) in [4.78, 5) is 25.8. The average molecular weight is 373 g/mol. The van der Waals surface area contributed by atoms with E-state index >= 15 is 0 Å². The van der Waals surface area contributed by atoms with Crippen LogP contribution in [0.25, 0.3) is 0 Å². The van der Waals surface area contributed by atoms with E-state index in [9.17, 15) is 9.59 Å². The summed E-state index contributed by atoms with van der Waals surface area (Å²) in [5.41, 5.74) is 2.73. The first kappa shape index (κ1) is 20.0. The van der Waals surface area contributed by atoms with E-state index in [1.807, 2.05) is 24.3 Å². The molecule has 0 heterocycles. The van der Waals surface area contributed by atoms with Crippen LogP contribution < -0.4 is 10.2 Å². The van der Waals surface area contributed by atoms with Crippen molar-refractivity contribution in [3.05, 3.63) is 59.1 Å². The number of nitrogens with one attached hydrogen (secondary N) is 1. The van der Waals surface area contributed by atoms with Gasteiger partial charge in [0.2, 0.25) is 11.8 Å². The number of nitrogens with zero attached hydrogens (tertiary/aromatic N) is 1. The molecule has 0 bridgehead atoms. The van der Waals surface area contributed by atoms with Gasteiger partial charge in [-0.15, -0.1) is 0 Å². The second kappa shape index (κ2) is 8.37. The van der Waals surface area contributed by atoms with Gasteiger partial charge in [-0.2, -0.15) is 0 Å². The fraction of sp³-hybridized carbons (Fsp3) is 0.333. The summed E-state index contributed by atoms with van der Waals surface area (Å²) in [6.07, 6.45) is 0.212. The van der Waals surface area contributed by atoms with Crippen LogP contribution in [-0.2, 0) is 15.0 Å². The quantitative estimate of drug-likeness (QED) is 0.801. The minimum atomic E-state index is -0.148. The van der Waals surface area contributed by atoms with E-state index in [4.69, 9.17) is 11.6 Å². The Hall–Kier alpha value is -2.33. The molecule has 26 heavy (non-hydrogen) atoms. The molecule has 0 aliphatic rings. The number of halogens is 1. The molecule has 0 saturated heterocycles. The summed E-state index contributed by atoms with van der Waals surface area (Å²) in [7, 11) is 0. The van der Waals surface area contributed by atoms with E-state index in [-0.39, 0.29) is 23.7 Å². The summed E-state index contributed by atoms with van der Waals surface area (Å²) in [5.74, 6) is -0.238. The number of carbonyl (C=O) groups excluding carboxylic acids is 2. The highest BCUT2D eigenvalue weighted by Crippen LogP contribution is 2.25. The summed E-state index contributed by atoms with van der Waals surface area (Å²) >= 11 is 5.84. The molecule has 0 aliphatic heterocycles. The van der Waals surface area contributed by atoms with Crippen molar-refractivity contribution in [3.63, 3.8) is 0 Å². The van der Waals surface area contributed by atoms with Gasteiger partial charge in [-0.25, -0.2) is 0 Å². The lowest BCUT2D eigenvalue weighted by Crippen LogP contribution is -2.32. The lowest BCUT2D eigenvalue weighted by molar-refractivity contribution is -0.117. The van der Waals surface area contributed by atoms with Gasteiger partial charge in [-0.3, -0.25) is 9.59 Å². The third kappa shape index (κ3) is 5.60. The zero-order valence-electron chi connectivity index (χ0n) is 15.7. The Kier molecular flexibility index (Phi) is 6.43. The van der Waals surface area contributed by atoms with Crippen LogP contribution in [0.15, 0.2) is 48.5 Å². The van der Waals surface area contributed by atoms with Crippen molar-refractivity contribution in [2.24, 2.45) is 0 Å². The van der Waals surface area contributed by atoms with Gasteiger partial charge in [-0.1, -0.05) is 44.5 Å². The first-order valence-electron chi connectivity index (χ1n) is 8.61. The largest absolute Gasteiger partial charge is 0.326 e. The van der Waals surface area contributed by atoms with Crippen LogP contribution >= 0.6 is 11.6 Å². The summed E-state index contributed by atoms with van der Waals surface area (Å²) < 4.78 is 0. The lowest BCUT2D eigenvalue weighted by atomic mass is 9.87. The van der Waals surface area contributed by atoms with E-state index in [2.05, 4.69) is 26.1 Å².